The van der Waals surface area contributed by atoms with E-state index in [0.717, 1.165) is 6.26 Å². The van der Waals surface area contributed by atoms with Gasteiger partial charge in [-0.2, -0.15) is 0 Å². The summed E-state index contributed by atoms with van der Waals surface area (Å²) >= 11 is 0. The van der Waals surface area contributed by atoms with Crippen molar-refractivity contribution < 1.29 is 68.8 Å². The summed E-state index contributed by atoms with van der Waals surface area (Å²) in [6.07, 6.45) is -0.562. The van der Waals surface area contributed by atoms with E-state index in [4.69, 9.17) is 34.5 Å². The van der Waals surface area contributed by atoms with Gasteiger partial charge in [-0.15, -0.1) is 6.58 Å². The number of methoxy groups -OCH3 is 1. The van der Waals surface area contributed by atoms with Gasteiger partial charge in [-0.1, -0.05) is 18.2 Å². The minimum atomic E-state index is -1.48. The van der Waals surface area contributed by atoms with Crippen LogP contribution in [0.15, 0.2) is 64.7 Å². The number of guanidine groups is 1. The fourth-order valence-electron chi connectivity index (χ4n) is 5.61. The second-order valence-electron chi connectivity index (χ2n) is 11.8. The minimum absolute atomic E-state index is 0.0788. The lowest BCUT2D eigenvalue weighted by atomic mass is 9.83. The predicted molar refractivity (Wildman–Crippen MR) is 172 cm³/mol. The molecular weight excluding hydrogens is 648 g/mol. The van der Waals surface area contributed by atoms with Crippen molar-refractivity contribution in [3.8, 4) is 0 Å². The number of rotatable bonds is 16. The van der Waals surface area contributed by atoms with Gasteiger partial charge >= 0.3 is 11.9 Å². The van der Waals surface area contributed by atoms with Crippen molar-refractivity contribution in [1.82, 2.24) is 5.32 Å². The van der Waals surface area contributed by atoms with E-state index in [9.17, 15) is 35.1 Å². The number of carboxylic acids is 1. The van der Waals surface area contributed by atoms with Gasteiger partial charge in [-0.05, 0) is 20.3 Å². The number of ether oxygens (including phenoxy) is 5. The Hall–Kier alpha value is -3.65. The zero-order valence-electron chi connectivity index (χ0n) is 27.8. The van der Waals surface area contributed by atoms with Crippen molar-refractivity contribution in [2.75, 3.05) is 46.6 Å². The third-order valence-electron chi connectivity index (χ3n) is 8.01. The third kappa shape index (κ3) is 10.2. The van der Waals surface area contributed by atoms with E-state index in [-0.39, 0.29) is 55.7 Å². The van der Waals surface area contributed by atoms with Crippen LogP contribution in [0.25, 0.3) is 0 Å². The molecular formula is C32H49N4O13+. The second kappa shape index (κ2) is 18.9. The zero-order valence-corrected chi connectivity index (χ0v) is 27.8. The number of aliphatic hydroxyl groups is 5. The van der Waals surface area contributed by atoms with E-state index >= 15 is 0 Å². The quantitative estimate of drug-likeness (QED) is 0.0257. The van der Waals surface area contributed by atoms with Gasteiger partial charge in [0, 0.05) is 24.6 Å². The van der Waals surface area contributed by atoms with Crippen LogP contribution in [0, 0.1) is 11.8 Å². The van der Waals surface area contributed by atoms with Gasteiger partial charge in [0.2, 0.25) is 6.29 Å². The zero-order chi connectivity index (χ0) is 36.2. The lowest BCUT2D eigenvalue weighted by molar-refractivity contribution is -0.843. The first kappa shape index (κ1) is 39.8. The first-order chi connectivity index (χ1) is 23.4. The van der Waals surface area contributed by atoms with Gasteiger partial charge in [0.1, 0.15) is 49.3 Å². The molecule has 0 aromatic rings. The van der Waals surface area contributed by atoms with E-state index in [1.807, 2.05) is 0 Å². The molecule has 0 aliphatic carbocycles. The molecule has 1 saturated heterocycles. The van der Waals surface area contributed by atoms with Crippen LogP contribution >= 0.6 is 0 Å². The molecule has 0 bridgehead atoms. The van der Waals surface area contributed by atoms with Gasteiger partial charge in [0.05, 0.1) is 49.9 Å². The topological polar surface area (TPSA) is 257 Å². The third-order valence-corrected chi connectivity index (χ3v) is 8.01. The number of aliphatic imine (C=N–C) groups is 1. The van der Waals surface area contributed by atoms with Gasteiger partial charge in [0.25, 0.3) is 0 Å². The van der Waals surface area contributed by atoms with E-state index in [1.54, 1.807) is 26.0 Å². The highest BCUT2D eigenvalue weighted by atomic mass is 16.8. The molecule has 274 valence electrons. The standard InChI is InChI=1S/C32H48N4O13/c1-5-19-20(8-7-18-13-36(10-12-38)14-21(28(42)43)24(18)35-32(33)34-9-6-11-37)22(29(44)45-4)16-46-30(19)49-31-27(47-17(2)3)26(41)25(40)23(15-39)48-31/h5,7-8,14,16-17,19-20,23,25-27,30-31,37-41H,1,6,9-13,15H2,2-4H3,(H,42,43)(H3,33,34,35)/p+1/b8-7+/t19-,20+,23-,25-,26+,27-,30+,31+/m1/s1. The maximum atomic E-state index is 12.9. The van der Waals surface area contributed by atoms with Crippen molar-refractivity contribution in [1.29, 1.82) is 0 Å². The molecule has 0 aromatic heterocycles. The van der Waals surface area contributed by atoms with E-state index < -0.39 is 73.5 Å². The van der Waals surface area contributed by atoms with Crippen LogP contribution in [0.4, 0.5) is 0 Å². The molecule has 17 heteroatoms. The van der Waals surface area contributed by atoms with E-state index in [2.05, 4.69) is 16.9 Å². The van der Waals surface area contributed by atoms with Crippen LogP contribution in [0.2, 0.25) is 0 Å². The van der Waals surface area contributed by atoms with E-state index in [1.165, 1.54) is 19.4 Å². The predicted octanol–water partition coefficient (Wildman–Crippen LogP) is -2.98. The summed E-state index contributed by atoms with van der Waals surface area (Å²) in [4.78, 5) is 30.0. The Kier molecular flexibility index (Phi) is 15.4. The second-order valence-corrected chi connectivity index (χ2v) is 11.8. The maximum Gasteiger partial charge on any atom is 0.343 e. The number of allylic oxidation sites excluding steroid dienone is 1. The SMILES string of the molecule is C=C[C@H]1[C@H](O[C@@H]2O[C@H](CO)[C@@H](O)[C@H](O)[C@H]2OC(C)C)OC=C(C(=O)OC)[C@H]1/C=C/C1=C(NC(N)=NCCCO)C(C(=O)O)=C[NH+](CCO)C1. The highest BCUT2D eigenvalue weighted by Crippen LogP contribution is 2.37. The number of hydrogen-bond acceptors (Lipinski definition) is 13. The molecule has 1 fully saturated rings. The fourth-order valence-corrected chi connectivity index (χ4v) is 5.61. The summed E-state index contributed by atoms with van der Waals surface area (Å²) in [6, 6.07) is 0. The number of hydrogen-bond donors (Lipinski definition) is 9. The largest absolute Gasteiger partial charge is 0.477 e. The number of esters is 1. The van der Waals surface area contributed by atoms with Crippen LogP contribution in [-0.4, -0.2) is 138 Å². The van der Waals surface area contributed by atoms with Crippen molar-refractivity contribution in [2.45, 2.75) is 63.4 Å². The summed E-state index contributed by atoms with van der Waals surface area (Å²) in [6.45, 7) is 7.02. The molecule has 0 amide bonds. The van der Waals surface area contributed by atoms with Crippen LogP contribution in [0.3, 0.4) is 0 Å². The Morgan fingerprint density at radius 1 is 1.20 bits per heavy atom. The number of carbonyl (C=O) groups is 2. The molecule has 3 rings (SSSR count). The Morgan fingerprint density at radius 3 is 2.53 bits per heavy atom. The lowest BCUT2D eigenvalue weighted by Crippen LogP contribution is -3.09. The van der Waals surface area contributed by atoms with Crippen LogP contribution < -0.4 is 16.0 Å². The highest BCUT2D eigenvalue weighted by molar-refractivity contribution is 5.94. The molecule has 0 aromatic carbocycles. The summed E-state index contributed by atoms with van der Waals surface area (Å²) in [7, 11) is 1.20. The Bertz CT molecular complexity index is 1310. The van der Waals surface area contributed by atoms with Crippen LogP contribution in [0.5, 0.6) is 0 Å². The normalized spacial score (nSPS) is 30.9. The summed E-state index contributed by atoms with van der Waals surface area (Å²) in [5.74, 6) is -3.69. The highest BCUT2D eigenvalue weighted by Gasteiger charge is 2.49. The Morgan fingerprint density at radius 2 is 1.94 bits per heavy atom. The minimum Gasteiger partial charge on any atom is -0.477 e. The first-order valence-electron chi connectivity index (χ1n) is 15.9. The maximum absolute atomic E-state index is 12.9. The smallest absolute Gasteiger partial charge is 0.343 e. The van der Waals surface area contributed by atoms with Gasteiger partial charge in [-0.3, -0.25) is 4.99 Å². The summed E-state index contributed by atoms with van der Waals surface area (Å²) in [5, 5.41) is 62.7. The van der Waals surface area contributed by atoms with Gasteiger partial charge in [-0.25, -0.2) is 9.59 Å². The molecule has 9 atom stereocenters. The molecule has 3 aliphatic rings. The average Bonchev–Trinajstić information content (AvgIpc) is 3.07. The summed E-state index contributed by atoms with van der Waals surface area (Å²) in [5.41, 5.74) is 6.60. The molecule has 10 N–H and O–H groups in total. The first-order valence-corrected chi connectivity index (χ1v) is 15.9. The molecule has 1 unspecified atom stereocenters. The van der Waals surface area contributed by atoms with E-state index in [0.29, 0.717) is 16.9 Å². The molecule has 3 aliphatic heterocycles. The lowest BCUT2D eigenvalue weighted by Gasteiger charge is -2.44. The number of nitrogens with one attached hydrogen (secondary N) is 2. The van der Waals surface area contributed by atoms with Gasteiger partial charge < -0.3 is 70.3 Å². The Labute approximate surface area is 284 Å². The number of nitrogens with two attached hydrogens (primary N) is 1. The monoisotopic (exact) mass is 697 g/mol. The number of carboxylic acid groups (broad SMARTS) is 1. The van der Waals surface area contributed by atoms with Gasteiger partial charge in [0.15, 0.2) is 12.2 Å². The number of nitrogens with zero attached hydrogens (tertiary/aromatic N) is 1. The van der Waals surface area contributed by atoms with Crippen LogP contribution in [-0.2, 0) is 33.3 Å². The number of carbonyl (C=O) groups excluding carboxylic acids is 1. The summed E-state index contributed by atoms with van der Waals surface area (Å²) < 4.78 is 28.6. The van der Waals surface area contributed by atoms with Crippen molar-refractivity contribution in [3.05, 3.63) is 59.7 Å². The molecule has 0 saturated carbocycles. The van der Waals surface area contributed by atoms with Crippen LogP contribution in [0.1, 0.15) is 20.3 Å². The van der Waals surface area contributed by atoms with Crippen molar-refractivity contribution in [3.63, 3.8) is 0 Å². The molecule has 49 heavy (non-hydrogen) atoms. The molecule has 3 heterocycles. The molecule has 17 nitrogen and oxygen atoms in total. The Balaban J connectivity index is 2.05. The number of aliphatic carboxylic acids is 1. The number of aliphatic hydroxyl groups excluding tert-OH is 5. The molecule has 0 radical (unpaired) electrons. The fraction of sp³-hybridized carbons (Fsp3) is 0.594. The number of quaternary nitrogens is 1. The average molecular weight is 698 g/mol. The van der Waals surface area contributed by atoms with Crippen molar-refractivity contribution in [2.24, 2.45) is 22.6 Å². The van der Waals surface area contributed by atoms with Crippen molar-refractivity contribution >= 4 is 17.9 Å². The molecule has 0 spiro atoms.